The molecule has 0 unspecified atom stereocenters. The Kier molecular flexibility index (Phi) is 5.79. The fourth-order valence-electron chi connectivity index (χ4n) is 5.32. The molecule has 2 aliphatic rings. The highest BCUT2D eigenvalue weighted by molar-refractivity contribution is 6.26. The first kappa shape index (κ1) is 23.7. The van der Waals surface area contributed by atoms with Gasteiger partial charge in [-0.3, -0.25) is 14.4 Å². The van der Waals surface area contributed by atoms with Gasteiger partial charge in [-0.05, 0) is 50.5 Å². The van der Waals surface area contributed by atoms with Gasteiger partial charge in [0.05, 0.1) is 40.7 Å². The molecule has 0 saturated carbocycles. The number of amides is 1. The van der Waals surface area contributed by atoms with Crippen molar-refractivity contribution < 1.29 is 14.3 Å². The number of allylic oxidation sites excluding steroid dienone is 1. The summed E-state index contributed by atoms with van der Waals surface area (Å²) in [6, 6.07) is 18.8. The predicted octanol–water partition coefficient (Wildman–Crippen LogP) is 3.97. The van der Waals surface area contributed by atoms with Gasteiger partial charge >= 0.3 is 5.97 Å². The molecular formula is C30H26N4O4. The number of aryl methyl sites for hydroxylation is 2. The lowest BCUT2D eigenvalue weighted by molar-refractivity contribution is -0.142. The molecular weight excluding hydrogens is 480 g/mol. The predicted molar refractivity (Wildman–Crippen MR) is 145 cm³/mol. The van der Waals surface area contributed by atoms with Crippen LogP contribution in [0.5, 0.6) is 0 Å². The van der Waals surface area contributed by atoms with Crippen LogP contribution in [0, 0.1) is 6.92 Å². The van der Waals surface area contributed by atoms with Gasteiger partial charge in [-0.25, -0.2) is 9.99 Å². The summed E-state index contributed by atoms with van der Waals surface area (Å²) in [7, 11) is 0. The Morgan fingerprint density at radius 2 is 1.82 bits per heavy atom. The number of rotatable bonds is 5. The van der Waals surface area contributed by atoms with Crippen LogP contribution in [0.15, 0.2) is 77.7 Å². The molecule has 8 nitrogen and oxygen atoms in total. The second-order valence-corrected chi connectivity index (χ2v) is 9.33. The van der Waals surface area contributed by atoms with Gasteiger partial charge < -0.3 is 9.30 Å². The lowest BCUT2D eigenvalue weighted by atomic mass is 9.96. The molecule has 2 aromatic heterocycles. The molecule has 0 radical (unpaired) electrons. The van der Waals surface area contributed by atoms with E-state index in [1.165, 1.54) is 9.69 Å². The van der Waals surface area contributed by atoms with Crippen LogP contribution in [0.25, 0.3) is 22.2 Å². The van der Waals surface area contributed by atoms with Crippen LogP contribution in [-0.2, 0) is 27.2 Å². The van der Waals surface area contributed by atoms with Gasteiger partial charge in [0.25, 0.3) is 11.5 Å². The monoisotopic (exact) mass is 506 g/mol. The summed E-state index contributed by atoms with van der Waals surface area (Å²) in [5, 5.41) is 1.66. The third-order valence-electron chi connectivity index (χ3n) is 6.92. The van der Waals surface area contributed by atoms with E-state index in [-0.39, 0.29) is 24.8 Å². The molecule has 0 spiro atoms. The zero-order valence-electron chi connectivity index (χ0n) is 21.2. The Morgan fingerprint density at radius 1 is 1.05 bits per heavy atom. The summed E-state index contributed by atoms with van der Waals surface area (Å²) < 4.78 is 8.48. The Labute approximate surface area is 219 Å². The summed E-state index contributed by atoms with van der Waals surface area (Å²) in [5.74, 6) is -0.760. The lowest BCUT2D eigenvalue weighted by Crippen LogP contribution is -2.45. The molecule has 190 valence electrons. The molecule has 0 saturated heterocycles. The number of hydrogen-bond acceptors (Lipinski definition) is 5. The fourth-order valence-corrected chi connectivity index (χ4v) is 5.32. The average Bonchev–Trinajstić information content (AvgIpc) is 3.19. The number of para-hydroxylation sites is 1. The molecule has 6 rings (SSSR count). The van der Waals surface area contributed by atoms with Crippen LogP contribution >= 0.6 is 0 Å². The van der Waals surface area contributed by atoms with E-state index in [2.05, 4.69) is 15.6 Å². The maximum atomic E-state index is 14.3. The summed E-state index contributed by atoms with van der Waals surface area (Å²) in [6.07, 6.45) is 4.89. The smallest absolute Gasteiger partial charge is 0.313 e. The topological polar surface area (TPSA) is 86.4 Å². The van der Waals surface area contributed by atoms with E-state index in [4.69, 9.17) is 4.74 Å². The minimum atomic E-state index is -0.528. The van der Waals surface area contributed by atoms with E-state index in [9.17, 15) is 14.4 Å². The Balaban J connectivity index is 1.66. The van der Waals surface area contributed by atoms with Crippen molar-refractivity contribution in [2.24, 2.45) is 0 Å². The third kappa shape index (κ3) is 3.76. The van der Waals surface area contributed by atoms with Crippen LogP contribution in [0.3, 0.4) is 0 Å². The van der Waals surface area contributed by atoms with Crippen LogP contribution in [0.1, 0.15) is 41.7 Å². The molecule has 3 heterocycles. The Morgan fingerprint density at radius 3 is 2.61 bits per heavy atom. The van der Waals surface area contributed by atoms with Gasteiger partial charge in [0.2, 0.25) is 0 Å². The van der Waals surface area contributed by atoms with E-state index in [0.29, 0.717) is 22.9 Å². The van der Waals surface area contributed by atoms with E-state index in [1.54, 1.807) is 37.4 Å². The molecule has 0 atom stereocenters. The first-order valence-electron chi connectivity index (χ1n) is 12.7. The van der Waals surface area contributed by atoms with Gasteiger partial charge in [-0.1, -0.05) is 48.5 Å². The molecule has 1 aliphatic carbocycles. The molecule has 0 fully saturated rings. The second kappa shape index (κ2) is 9.30. The summed E-state index contributed by atoms with van der Waals surface area (Å²) in [6.45, 7) is 3.93. The number of ether oxygens (including phenoxy) is 1. The fraction of sp³-hybridized carbons (Fsp3) is 0.200. The van der Waals surface area contributed by atoms with Crippen molar-refractivity contribution in [3.63, 3.8) is 0 Å². The van der Waals surface area contributed by atoms with Crippen LogP contribution in [-0.4, -0.2) is 32.7 Å². The van der Waals surface area contributed by atoms with E-state index >= 15 is 0 Å². The summed E-state index contributed by atoms with van der Waals surface area (Å²) in [5.41, 5.74) is 5.07. The van der Waals surface area contributed by atoms with E-state index < -0.39 is 11.5 Å². The molecule has 2 aromatic carbocycles. The maximum absolute atomic E-state index is 14.3. The van der Waals surface area contributed by atoms with Crippen molar-refractivity contribution in [3.8, 4) is 0 Å². The number of nitrogens with zero attached hydrogens (tertiary/aromatic N) is 4. The molecule has 1 amide bonds. The highest BCUT2D eigenvalue weighted by Gasteiger charge is 2.34. The molecule has 0 N–H and O–H groups in total. The number of fused-ring (bicyclic) bond motifs is 1. The lowest BCUT2D eigenvalue weighted by Gasteiger charge is -2.24. The zero-order chi connectivity index (χ0) is 26.4. The minimum Gasteiger partial charge on any atom is -0.466 e. The van der Waals surface area contributed by atoms with Crippen molar-refractivity contribution in [2.45, 2.75) is 33.1 Å². The van der Waals surface area contributed by atoms with Gasteiger partial charge in [0.15, 0.2) is 0 Å². The van der Waals surface area contributed by atoms with Crippen molar-refractivity contribution in [1.82, 2.24) is 14.2 Å². The van der Waals surface area contributed by atoms with Crippen molar-refractivity contribution in [1.29, 1.82) is 0 Å². The number of carbonyl (C=O) groups is 2. The number of benzene rings is 2. The minimum absolute atomic E-state index is 0.129. The Hall–Kier alpha value is -4.72. The molecule has 1 aliphatic heterocycles. The number of aromatic nitrogens is 3. The third-order valence-corrected chi connectivity index (χ3v) is 6.92. The SMILES string of the molecule is CCOC(=O)Cc1nc2ccccc2c(=O)n1N1C=C(c2ccccc2)n2c(C)cc3c2C(=CCC3)C1=O. The number of esters is 1. The van der Waals surface area contributed by atoms with Gasteiger partial charge in [0, 0.05) is 11.3 Å². The number of carbonyl (C=O) groups excluding carboxylic acids is 2. The van der Waals surface area contributed by atoms with E-state index in [1.807, 2.05) is 43.3 Å². The number of hydrogen-bond donors (Lipinski definition) is 0. The quantitative estimate of drug-likeness (QED) is 0.383. The summed E-state index contributed by atoms with van der Waals surface area (Å²) >= 11 is 0. The van der Waals surface area contributed by atoms with Crippen molar-refractivity contribution in [2.75, 3.05) is 11.6 Å². The van der Waals surface area contributed by atoms with Crippen LogP contribution < -0.4 is 10.6 Å². The molecule has 38 heavy (non-hydrogen) atoms. The molecule has 4 aromatic rings. The first-order valence-corrected chi connectivity index (χ1v) is 12.7. The van der Waals surface area contributed by atoms with Gasteiger partial charge in [-0.15, -0.1) is 0 Å². The molecule has 0 bridgehead atoms. The van der Waals surface area contributed by atoms with Crippen molar-refractivity contribution >= 4 is 34.0 Å². The Bertz CT molecular complexity index is 1730. The maximum Gasteiger partial charge on any atom is 0.313 e. The largest absolute Gasteiger partial charge is 0.466 e. The highest BCUT2D eigenvalue weighted by Crippen LogP contribution is 2.37. The normalized spacial score (nSPS) is 14.6. The zero-order valence-corrected chi connectivity index (χ0v) is 21.2. The van der Waals surface area contributed by atoms with Crippen LogP contribution in [0.2, 0.25) is 0 Å². The summed E-state index contributed by atoms with van der Waals surface area (Å²) in [4.78, 5) is 45.4. The second-order valence-electron chi connectivity index (χ2n) is 9.33. The molecule has 8 heteroatoms. The van der Waals surface area contributed by atoms with Gasteiger partial charge in [0.1, 0.15) is 12.2 Å². The average molecular weight is 507 g/mol. The highest BCUT2D eigenvalue weighted by atomic mass is 16.5. The first-order chi connectivity index (χ1) is 18.5. The van der Waals surface area contributed by atoms with Crippen molar-refractivity contribution in [3.05, 3.63) is 112 Å². The van der Waals surface area contributed by atoms with Gasteiger partial charge in [-0.2, -0.15) is 4.68 Å². The van der Waals surface area contributed by atoms with E-state index in [0.717, 1.165) is 34.6 Å². The van der Waals surface area contributed by atoms with Crippen LogP contribution in [0.4, 0.5) is 0 Å². The standard InChI is InChI=1S/C30H26N4O4/c1-3-38-27(35)17-26-31-24-15-8-7-13-22(24)30(37)34(26)32-18-25(20-10-5-4-6-11-20)33-19(2)16-21-12-9-14-23(28(21)33)29(32)36/h4-8,10-11,13-16,18H,3,9,12,17H2,1-2H3.